The summed E-state index contributed by atoms with van der Waals surface area (Å²) in [7, 11) is -2.44. The van der Waals surface area contributed by atoms with Crippen LogP contribution in [0.2, 0.25) is 0 Å². The molecule has 3 N–H and O–H groups in total. The average molecular weight is 431 g/mol. The molecule has 0 bridgehead atoms. The molecule has 1 amide bonds. The Kier molecular flexibility index (Phi) is 5.17. The van der Waals surface area contributed by atoms with Gasteiger partial charge in [0, 0.05) is 28.5 Å². The van der Waals surface area contributed by atoms with Gasteiger partial charge in [-0.15, -0.1) is 0 Å². The van der Waals surface area contributed by atoms with Gasteiger partial charge in [-0.1, -0.05) is 20.8 Å². The number of nitrogens with one attached hydrogen (secondary N) is 2. The number of benzene rings is 2. The third-order valence-electron chi connectivity index (χ3n) is 4.78. The molecule has 2 aromatic rings. The van der Waals surface area contributed by atoms with E-state index in [-0.39, 0.29) is 10.5 Å². The van der Waals surface area contributed by atoms with E-state index >= 15 is 0 Å². The fourth-order valence-corrected chi connectivity index (χ4v) is 3.95. The number of hydrogen-bond donors (Lipinski definition) is 3. The Morgan fingerprint density at radius 3 is 2.43 bits per heavy atom. The van der Waals surface area contributed by atoms with E-state index in [1.54, 1.807) is 26.8 Å². The summed E-state index contributed by atoms with van der Waals surface area (Å²) in [6, 6.07) is 6.98. The van der Waals surface area contributed by atoms with Gasteiger partial charge in [-0.05, 0) is 48.4 Å². The second kappa shape index (κ2) is 7.22. The van der Waals surface area contributed by atoms with Gasteiger partial charge in [0.25, 0.3) is 5.91 Å². The summed E-state index contributed by atoms with van der Waals surface area (Å²) in [5, 5.41) is 24.4. The molecular weight excluding hydrogens is 410 g/mol. The highest BCUT2D eigenvalue weighted by Gasteiger charge is 2.29. The number of carbonyl (C=O) groups is 1. The number of amides is 1. The topological polar surface area (TPSA) is 139 Å². The number of fused-ring (bicyclic) bond motifs is 1. The molecule has 0 spiro atoms. The zero-order valence-corrected chi connectivity index (χ0v) is 17.6. The Hall–Kier alpha value is -3.24. The lowest BCUT2D eigenvalue weighted by Crippen LogP contribution is -2.18. The molecule has 3 rings (SSSR count). The van der Waals surface area contributed by atoms with E-state index in [9.17, 15) is 28.4 Å². The molecule has 2 aromatic carbocycles. The van der Waals surface area contributed by atoms with Gasteiger partial charge in [-0.2, -0.15) is 0 Å². The summed E-state index contributed by atoms with van der Waals surface area (Å²) in [5.74, 6) is -0.884. The maximum Gasteiger partial charge on any atom is 0.311 e. The number of rotatable bonds is 4. The van der Waals surface area contributed by atoms with Crippen molar-refractivity contribution >= 4 is 39.0 Å². The number of aromatic hydroxyl groups is 1. The first-order valence-electron chi connectivity index (χ1n) is 8.98. The molecule has 10 heteroatoms. The number of nitro groups is 1. The van der Waals surface area contributed by atoms with Gasteiger partial charge in [0.15, 0.2) is 5.75 Å². The molecule has 158 valence electrons. The van der Waals surface area contributed by atoms with Crippen molar-refractivity contribution in [2.75, 3.05) is 12.4 Å². The highest BCUT2D eigenvalue weighted by molar-refractivity contribution is 7.89. The van der Waals surface area contributed by atoms with Crippen LogP contribution in [0.1, 0.15) is 37.5 Å². The van der Waals surface area contributed by atoms with Crippen LogP contribution < -0.4 is 10.0 Å². The monoisotopic (exact) mass is 431 g/mol. The smallest absolute Gasteiger partial charge is 0.311 e. The van der Waals surface area contributed by atoms with Crippen LogP contribution in [0.5, 0.6) is 5.75 Å². The van der Waals surface area contributed by atoms with Gasteiger partial charge < -0.3 is 10.4 Å². The van der Waals surface area contributed by atoms with Crippen molar-refractivity contribution in [3.05, 3.63) is 57.1 Å². The lowest BCUT2D eigenvalue weighted by Gasteiger charge is -2.20. The number of anilines is 1. The van der Waals surface area contributed by atoms with Crippen LogP contribution in [-0.2, 0) is 20.2 Å². The summed E-state index contributed by atoms with van der Waals surface area (Å²) in [4.78, 5) is 23.2. The van der Waals surface area contributed by atoms with Crippen molar-refractivity contribution in [1.82, 2.24) is 4.72 Å². The Morgan fingerprint density at radius 1 is 1.20 bits per heavy atom. The van der Waals surface area contributed by atoms with Crippen molar-refractivity contribution < 1.29 is 23.2 Å². The summed E-state index contributed by atoms with van der Waals surface area (Å²) in [6.07, 6.45) is 1.44. The van der Waals surface area contributed by atoms with Crippen LogP contribution in [0.4, 0.5) is 11.4 Å². The van der Waals surface area contributed by atoms with Gasteiger partial charge in [-0.25, -0.2) is 13.1 Å². The van der Waals surface area contributed by atoms with Crippen molar-refractivity contribution in [1.29, 1.82) is 0 Å². The summed E-state index contributed by atoms with van der Waals surface area (Å²) >= 11 is 0. The molecule has 0 saturated heterocycles. The minimum absolute atomic E-state index is 0.0155. The second-order valence-electron chi connectivity index (χ2n) is 7.87. The van der Waals surface area contributed by atoms with Crippen molar-refractivity contribution in [2.24, 2.45) is 0 Å². The number of phenols is 1. The first-order valence-corrected chi connectivity index (χ1v) is 10.5. The normalized spacial score (nSPS) is 15.2. The van der Waals surface area contributed by atoms with Gasteiger partial charge in [0.1, 0.15) is 0 Å². The van der Waals surface area contributed by atoms with Crippen LogP contribution >= 0.6 is 0 Å². The molecule has 1 aliphatic heterocycles. The van der Waals surface area contributed by atoms with E-state index in [2.05, 4.69) is 10.0 Å². The average Bonchev–Trinajstić information content (AvgIpc) is 2.96. The van der Waals surface area contributed by atoms with E-state index in [0.29, 0.717) is 22.4 Å². The van der Waals surface area contributed by atoms with Crippen LogP contribution in [-0.4, -0.2) is 31.4 Å². The number of carbonyl (C=O) groups excluding carboxylic acids is 1. The minimum atomic E-state index is -3.72. The molecule has 0 atom stereocenters. The molecule has 0 radical (unpaired) electrons. The Balaban J connectivity index is 2.22. The molecule has 0 aliphatic carbocycles. The van der Waals surface area contributed by atoms with Gasteiger partial charge in [0.05, 0.1) is 9.82 Å². The molecule has 1 aliphatic rings. The minimum Gasteiger partial charge on any atom is -0.502 e. The maximum atomic E-state index is 12.5. The maximum absolute atomic E-state index is 12.5. The third kappa shape index (κ3) is 3.79. The predicted octanol–water partition coefficient (Wildman–Crippen LogP) is 3.00. The number of phenolic OH excluding ortho intramolecular Hbond substituents is 1. The summed E-state index contributed by atoms with van der Waals surface area (Å²) < 4.78 is 26.5. The third-order valence-corrected chi connectivity index (χ3v) is 6.19. The van der Waals surface area contributed by atoms with E-state index < -0.39 is 37.7 Å². The van der Waals surface area contributed by atoms with Crippen LogP contribution in [0, 0.1) is 10.1 Å². The first kappa shape index (κ1) is 21.5. The number of nitrogens with zero attached hydrogens (tertiary/aromatic N) is 1. The number of nitro benzene ring substituents is 1. The largest absolute Gasteiger partial charge is 0.502 e. The molecule has 9 nitrogen and oxygen atoms in total. The summed E-state index contributed by atoms with van der Waals surface area (Å²) in [6.45, 7) is 5.40. The highest BCUT2D eigenvalue weighted by atomic mass is 32.2. The molecule has 1 heterocycles. The van der Waals surface area contributed by atoms with E-state index in [0.717, 1.165) is 0 Å². The van der Waals surface area contributed by atoms with Crippen molar-refractivity contribution in [2.45, 2.75) is 31.1 Å². The molecule has 0 saturated carbocycles. The molecule has 0 aromatic heterocycles. The van der Waals surface area contributed by atoms with E-state index in [1.807, 2.05) is 0 Å². The predicted molar refractivity (Wildman–Crippen MR) is 113 cm³/mol. The highest BCUT2D eigenvalue weighted by Crippen LogP contribution is 2.40. The van der Waals surface area contributed by atoms with E-state index in [1.165, 1.54) is 37.4 Å². The fraction of sp³-hybridized carbons (Fsp3) is 0.250. The van der Waals surface area contributed by atoms with Crippen molar-refractivity contribution in [3.8, 4) is 5.75 Å². The van der Waals surface area contributed by atoms with Crippen LogP contribution in [0.3, 0.4) is 0 Å². The molecule has 0 unspecified atom stereocenters. The zero-order valence-electron chi connectivity index (χ0n) is 16.8. The Bertz CT molecular complexity index is 1210. The van der Waals surface area contributed by atoms with Crippen molar-refractivity contribution in [3.63, 3.8) is 0 Å². The quantitative estimate of drug-likeness (QED) is 0.386. The summed E-state index contributed by atoms with van der Waals surface area (Å²) in [5.41, 5.74) is 0.596. The van der Waals surface area contributed by atoms with Crippen LogP contribution in [0.25, 0.3) is 11.6 Å². The number of sulfonamides is 1. The zero-order chi connectivity index (χ0) is 22.4. The standard InChI is InChI=1S/C20H21N3O6S/c1-20(2,3)15-8-11(9-17(18(15)24)23(26)27)7-14-13-10-12(30(28,29)21-4)5-6-16(13)22-19(14)25/h5-10,21,24H,1-4H3,(H,22,25). The first-order chi connectivity index (χ1) is 13.8. The lowest BCUT2D eigenvalue weighted by molar-refractivity contribution is -0.386. The van der Waals surface area contributed by atoms with E-state index in [4.69, 9.17) is 0 Å². The van der Waals surface area contributed by atoms with Gasteiger partial charge in [0.2, 0.25) is 10.0 Å². The molecule has 30 heavy (non-hydrogen) atoms. The van der Waals surface area contributed by atoms with Gasteiger partial charge >= 0.3 is 5.69 Å². The molecule has 0 fully saturated rings. The SMILES string of the molecule is CNS(=O)(=O)c1ccc2c(c1)C(=Cc1cc([N+](=O)[O-])c(O)c(C(C)(C)C)c1)C(=O)N2. The molecular formula is C20H21N3O6S. The van der Waals surface area contributed by atoms with Crippen LogP contribution in [0.15, 0.2) is 35.2 Å². The second-order valence-corrected chi connectivity index (χ2v) is 9.76. The lowest BCUT2D eigenvalue weighted by atomic mass is 9.84. The Morgan fingerprint density at radius 2 is 1.87 bits per heavy atom. The Labute approximate surface area is 173 Å². The van der Waals surface area contributed by atoms with Gasteiger partial charge in [-0.3, -0.25) is 14.9 Å². The number of hydrogen-bond acceptors (Lipinski definition) is 6. The fourth-order valence-electron chi connectivity index (χ4n) is 3.20.